The molecule has 2 aromatic rings. The number of hydrogen-bond donors (Lipinski definition) is 1. The molecule has 1 aliphatic heterocycles. The van der Waals surface area contributed by atoms with E-state index in [1.54, 1.807) is 0 Å². The SMILES string of the molecule is N[C@@H]1CN(C(=O)c2cccnc2SC(F)(F)F)C[C@H]1c1ccccc1. The Hall–Kier alpha value is -2.06. The number of rotatable bonds is 3. The molecule has 2 atom stereocenters. The van der Waals surface area contributed by atoms with Gasteiger partial charge in [-0.1, -0.05) is 30.3 Å². The molecule has 8 heteroatoms. The van der Waals surface area contributed by atoms with Crippen molar-refractivity contribution in [1.82, 2.24) is 9.88 Å². The van der Waals surface area contributed by atoms with Gasteiger partial charge >= 0.3 is 5.51 Å². The minimum absolute atomic E-state index is 0.0412. The van der Waals surface area contributed by atoms with Crippen molar-refractivity contribution in [2.75, 3.05) is 13.1 Å². The van der Waals surface area contributed by atoms with Gasteiger partial charge in [-0.05, 0) is 17.7 Å². The summed E-state index contributed by atoms with van der Waals surface area (Å²) in [5.41, 5.74) is 2.62. The van der Waals surface area contributed by atoms with Crippen molar-refractivity contribution in [2.45, 2.75) is 22.5 Å². The van der Waals surface area contributed by atoms with E-state index in [4.69, 9.17) is 5.73 Å². The molecule has 4 nitrogen and oxygen atoms in total. The first-order valence-electron chi connectivity index (χ1n) is 7.66. The van der Waals surface area contributed by atoms with Crippen LogP contribution in [-0.2, 0) is 0 Å². The molecule has 0 aliphatic carbocycles. The first-order valence-corrected chi connectivity index (χ1v) is 8.47. The average molecular weight is 367 g/mol. The molecule has 0 radical (unpaired) electrons. The quantitative estimate of drug-likeness (QED) is 0.846. The Labute approximate surface area is 147 Å². The Morgan fingerprint density at radius 1 is 1.16 bits per heavy atom. The molecule has 2 N–H and O–H groups in total. The number of carbonyl (C=O) groups excluding carboxylic acids is 1. The van der Waals surface area contributed by atoms with Crippen LogP contribution in [0.3, 0.4) is 0 Å². The summed E-state index contributed by atoms with van der Waals surface area (Å²) in [5.74, 6) is -0.519. The summed E-state index contributed by atoms with van der Waals surface area (Å²) in [6.45, 7) is 0.665. The lowest BCUT2D eigenvalue weighted by Gasteiger charge is -2.18. The molecular weight excluding hydrogens is 351 g/mol. The van der Waals surface area contributed by atoms with Crippen molar-refractivity contribution in [2.24, 2.45) is 5.73 Å². The Morgan fingerprint density at radius 2 is 1.88 bits per heavy atom. The highest BCUT2D eigenvalue weighted by atomic mass is 32.2. The van der Waals surface area contributed by atoms with E-state index in [1.165, 1.54) is 23.2 Å². The van der Waals surface area contributed by atoms with Gasteiger partial charge in [0.2, 0.25) is 0 Å². The number of hydrogen-bond acceptors (Lipinski definition) is 4. The molecule has 3 rings (SSSR count). The van der Waals surface area contributed by atoms with Gasteiger partial charge in [0.1, 0.15) is 5.03 Å². The number of likely N-dealkylation sites (tertiary alicyclic amines) is 1. The number of amides is 1. The Morgan fingerprint density at radius 3 is 2.56 bits per heavy atom. The summed E-state index contributed by atoms with van der Waals surface area (Å²) in [7, 11) is 0. The topological polar surface area (TPSA) is 59.2 Å². The number of carbonyl (C=O) groups is 1. The standard InChI is InChI=1S/C17H16F3N3OS/c18-17(19,20)25-15-12(7-4-8-22-15)16(24)23-9-13(14(21)10-23)11-5-2-1-3-6-11/h1-8,13-14H,9-10,21H2/t13-,14+/m0/s1. The third kappa shape index (κ3) is 4.13. The smallest absolute Gasteiger partial charge is 0.336 e. The zero-order valence-electron chi connectivity index (χ0n) is 13.1. The van der Waals surface area contributed by atoms with Crippen molar-refractivity contribution < 1.29 is 18.0 Å². The van der Waals surface area contributed by atoms with E-state index >= 15 is 0 Å². The van der Waals surface area contributed by atoms with E-state index in [-0.39, 0.29) is 34.3 Å². The fourth-order valence-electron chi connectivity index (χ4n) is 2.96. The lowest BCUT2D eigenvalue weighted by Crippen LogP contribution is -2.32. The Kier molecular flexibility index (Phi) is 5.01. The second-order valence-corrected chi connectivity index (χ2v) is 6.85. The summed E-state index contributed by atoms with van der Waals surface area (Å²) in [5, 5.41) is -0.336. The van der Waals surface area contributed by atoms with Gasteiger partial charge in [0.15, 0.2) is 0 Å². The minimum Gasteiger partial charge on any atom is -0.336 e. The fraction of sp³-hybridized carbons (Fsp3) is 0.294. The molecule has 1 fully saturated rings. The first-order chi connectivity index (χ1) is 11.8. The molecule has 1 aromatic heterocycles. The van der Waals surface area contributed by atoms with Crippen molar-refractivity contribution in [3.63, 3.8) is 0 Å². The monoisotopic (exact) mass is 367 g/mol. The summed E-state index contributed by atoms with van der Waals surface area (Å²) in [6.07, 6.45) is 1.24. The van der Waals surface area contributed by atoms with E-state index < -0.39 is 11.4 Å². The maximum Gasteiger partial charge on any atom is 0.447 e. The van der Waals surface area contributed by atoms with Crippen LogP contribution in [0.5, 0.6) is 0 Å². The second-order valence-electron chi connectivity index (χ2n) is 5.80. The predicted molar refractivity (Wildman–Crippen MR) is 89.2 cm³/mol. The number of halogens is 3. The molecule has 1 aliphatic rings. The van der Waals surface area contributed by atoms with Gasteiger partial charge in [0.25, 0.3) is 5.91 Å². The fourth-order valence-corrected chi connectivity index (χ4v) is 3.56. The predicted octanol–water partition coefficient (Wildman–Crippen LogP) is 3.26. The number of benzene rings is 1. The molecule has 2 heterocycles. The number of nitrogens with zero attached hydrogens (tertiary/aromatic N) is 2. The van der Waals surface area contributed by atoms with Gasteiger partial charge in [-0.25, -0.2) is 4.98 Å². The molecule has 1 aromatic carbocycles. The normalized spacial score (nSPS) is 20.7. The van der Waals surface area contributed by atoms with Gasteiger partial charge < -0.3 is 10.6 Å². The molecule has 0 unspecified atom stereocenters. The van der Waals surface area contributed by atoms with Crippen molar-refractivity contribution in [3.05, 3.63) is 59.8 Å². The summed E-state index contributed by atoms with van der Waals surface area (Å²) in [6, 6.07) is 12.1. The van der Waals surface area contributed by atoms with E-state index in [2.05, 4.69) is 4.98 Å². The lowest BCUT2D eigenvalue weighted by molar-refractivity contribution is -0.0329. The van der Waals surface area contributed by atoms with Crippen molar-refractivity contribution in [3.8, 4) is 0 Å². The van der Waals surface area contributed by atoms with Crippen LogP contribution in [-0.4, -0.2) is 40.4 Å². The highest BCUT2D eigenvalue weighted by Crippen LogP contribution is 2.38. The van der Waals surface area contributed by atoms with E-state index in [0.717, 1.165) is 5.56 Å². The molecule has 0 spiro atoms. The van der Waals surface area contributed by atoms with E-state index in [9.17, 15) is 18.0 Å². The van der Waals surface area contributed by atoms with Gasteiger partial charge in [0, 0.05) is 43.0 Å². The zero-order valence-corrected chi connectivity index (χ0v) is 13.9. The summed E-state index contributed by atoms with van der Waals surface area (Å²) in [4.78, 5) is 17.9. The number of pyridine rings is 1. The third-order valence-corrected chi connectivity index (χ3v) is 4.84. The van der Waals surface area contributed by atoms with Gasteiger partial charge in [0.05, 0.1) is 5.56 Å². The molecule has 1 amide bonds. The zero-order chi connectivity index (χ0) is 18.0. The Balaban J connectivity index is 1.81. The maximum absolute atomic E-state index is 12.7. The van der Waals surface area contributed by atoms with Crippen LogP contribution in [0.4, 0.5) is 13.2 Å². The number of aromatic nitrogens is 1. The van der Waals surface area contributed by atoms with E-state index in [1.807, 2.05) is 30.3 Å². The van der Waals surface area contributed by atoms with Crippen LogP contribution < -0.4 is 5.73 Å². The van der Waals surface area contributed by atoms with Crippen LogP contribution >= 0.6 is 11.8 Å². The van der Waals surface area contributed by atoms with Crippen molar-refractivity contribution >= 4 is 17.7 Å². The van der Waals surface area contributed by atoms with Gasteiger partial charge in [-0.3, -0.25) is 4.79 Å². The second kappa shape index (κ2) is 7.05. The Bertz CT molecular complexity index is 754. The van der Waals surface area contributed by atoms with Gasteiger partial charge in [-0.2, -0.15) is 13.2 Å². The van der Waals surface area contributed by atoms with Crippen LogP contribution in [0.1, 0.15) is 21.8 Å². The molecule has 0 bridgehead atoms. The minimum atomic E-state index is -4.50. The molecule has 132 valence electrons. The average Bonchev–Trinajstić information content (AvgIpc) is 2.96. The summed E-state index contributed by atoms with van der Waals surface area (Å²) < 4.78 is 38.1. The third-order valence-electron chi connectivity index (χ3n) is 4.09. The van der Waals surface area contributed by atoms with Crippen LogP contribution in [0.2, 0.25) is 0 Å². The largest absolute Gasteiger partial charge is 0.447 e. The molecule has 1 saturated heterocycles. The molecule has 25 heavy (non-hydrogen) atoms. The van der Waals surface area contributed by atoms with Crippen molar-refractivity contribution in [1.29, 1.82) is 0 Å². The number of nitrogens with two attached hydrogens (primary N) is 1. The van der Waals surface area contributed by atoms with E-state index in [0.29, 0.717) is 13.1 Å². The van der Waals surface area contributed by atoms with Gasteiger partial charge in [-0.15, -0.1) is 0 Å². The lowest BCUT2D eigenvalue weighted by atomic mass is 9.95. The molecular formula is C17H16F3N3OS. The maximum atomic E-state index is 12.7. The van der Waals surface area contributed by atoms with Crippen LogP contribution in [0, 0.1) is 0 Å². The van der Waals surface area contributed by atoms with Crippen LogP contribution in [0.15, 0.2) is 53.7 Å². The highest BCUT2D eigenvalue weighted by molar-refractivity contribution is 8.00. The highest BCUT2D eigenvalue weighted by Gasteiger charge is 2.37. The molecule has 0 saturated carbocycles. The van der Waals surface area contributed by atoms with Crippen LogP contribution in [0.25, 0.3) is 0 Å². The number of alkyl halides is 3. The summed E-state index contributed by atoms with van der Waals surface area (Å²) >= 11 is -0.377. The first kappa shape index (κ1) is 17.8. The number of thioether (sulfide) groups is 1.